The van der Waals surface area contributed by atoms with E-state index in [9.17, 15) is 0 Å². The quantitative estimate of drug-likeness (QED) is 0.364. The summed E-state index contributed by atoms with van der Waals surface area (Å²) in [6, 6.07) is 29.9. The Labute approximate surface area is 176 Å². The van der Waals surface area contributed by atoms with E-state index in [1.54, 1.807) is 0 Å². The van der Waals surface area contributed by atoms with Crippen LogP contribution in [0.1, 0.15) is 30.9 Å². The molecule has 3 atom stereocenters. The van der Waals surface area contributed by atoms with Gasteiger partial charge in [-0.1, -0.05) is 86.3 Å². The zero-order valence-electron chi connectivity index (χ0n) is 17.1. The number of fused-ring (bicyclic) bond motifs is 4. The molecule has 2 bridgehead atoms. The van der Waals surface area contributed by atoms with Gasteiger partial charge < -0.3 is 9.47 Å². The molecule has 2 heterocycles. The van der Waals surface area contributed by atoms with Crippen molar-refractivity contribution in [2.75, 3.05) is 0 Å². The van der Waals surface area contributed by atoms with Crippen molar-refractivity contribution in [1.82, 2.24) is 0 Å². The molecule has 0 spiro atoms. The minimum absolute atomic E-state index is 0.441. The standard InChI is InChI=1S/C28H24O2/c1-19-17-27(25-13-11-21-7-3-5-9-23(21)15-25)20(2)29-28(18-19,30-27)26-14-12-22-8-4-6-10-24(22)16-26/h3-16,19H,2,17-18H2,1H3/t19-,27+,28-/m1/s1. The molecule has 2 fully saturated rings. The Hall–Kier alpha value is -3.10. The lowest BCUT2D eigenvalue weighted by Crippen LogP contribution is -2.41. The highest BCUT2D eigenvalue weighted by atomic mass is 16.8. The predicted molar refractivity (Wildman–Crippen MR) is 121 cm³/mol. The average molecular weight is 392 g/mol. The Morgan fingerprint density at radius 2 is 1.30 bits per heavy atom. The van der Waals surface area contributed by atoms with Crippen molar-refractivity contribution in [3.63, 3.8) is 0 Å². The van der Waals surface area contributed by atoms with E-state index in [4.69, 9.17) is 9.47 Å². The van der Waals surface area contributed by atoms with Crippen LogP contribution in [0.5, 0.6) is 0 Å². The molecule has 4 aromatic rings. The Morgan fingerprint density at radius 1 is 0.733 bits per heavy atom. The second-order valence-corrected chi connectivity index (χ2v) is 8.84. The van der Waals surface area contributed by atoms with Crippen LogP contribution in [0, 0.1) is 5.92 Å². The molecule has 0 amide bonds. The molecule has 4 aromatic carbocycles. The van der Waals surface area contributed by atoms with Crippen molar-refractivity contribution in [3.8, 4) is 0 Å². The van der Waals surface area contributed by atoms with Crippen LogP contribution >= 0.6 is 0 Å². The van der Waals surface area contributed by atoms with Gasteiger partial charge in [0.2, 0.25) is 5.79 Å². The summed E-state index contributed by atoms with van der Waals surface area (Å²) in [6.07, 6.45) is 1.69. The molecule has 6 rings (SSSR count). The van der Waals surface area contributed by atoms with Gasteiger partial charge in [0.25, 0.3) is 0 Å². The van der Waals surface area contributed by atoms with Crippen molar-refractivity contribution in [1.29, 1.82) is 0 Å². The minimum atomic E-state index is -0.787. The second-order valence-electron chi connectivity index (χ2n) is 8.84. The first-order valence-corrected chi connectivity index (χ1v) is 10.7. The van der Waals surface area contributed by atoms with Crippen LogP contribution in [-0.2, 0) is 20.9 Å². The molecular weight excluding hydrogens is 368 g/mol. The molecular formula is C28H24O2. The first-order chi connectivity index (χ1) is 14.6. The summed E-state index contributed by atoms with van der Waals surface area (Å²) in [5.74, 6) is 0.371. The van der Waals surface area contributed by atoms with Gasteiger partial charge in [-0.2, -0.15) is 0 Å². The third-order valence-electron chi connectivity index (χ3n) is 6.74. The number of rotatable bonds is 2. The van der Waals surface area contributed by atoms with Gasteiger partial charge in [-0.15, -0.1) is 0 Å². The predicted octanol–water partition coefficient (Wildman–Crippen LogP) is 7.03. The van der Waals surface area contributed by atoms with Gasteiger partial charge in [-0.05, 0) is 51.6 Å². The highest BCUT2D eigenvalue weighted by Gasteiger charge is 2.60. The van der Waals surface area contributed by atoms with Crippen LogP contribution in [0.4, 0.5) is 0 Å². The summed E-state index contributed by atoms with van der Waals surface area (Å²) in [4.78, 5) is 0. The molecule has 2 nitrogen and oxygen atoms in total. The Morgan fingerprint density at radius 3 is 1.97 bits per heavy atom. The summed E-state index contributed by atoms with van der Waals surface area (Å²) < 4.78 is 13.4. The van der Waals surface area contributed by atoms with Crippen molar-refractivity contribution in [2.45, 2.75) is 31.2 Å². The Bertz CT molecular complexity index is 1310. The maximum Gasteiger partial charge on any atom is 0.238 e. The maximum atomic E-state index is 6.90. The molecule has 2 aliphatic heterocycles. The summed E-state index contributed by atoms with van der Waals surface area (Å²) in [5.41, 5.74) is 1.57. The van der Waals surface area contributed by atoms with E-state index in [0.29, 0.717) is 5.92 Å². The highest BCUT2D eigenvalue weighted by Crippen LogP contribution is 2.60. The zero-order chi connectivity index (χ0) is 20.3. The molecule has 2 saturated heterocycles. The Balaban J connectivity index is 1.50. The molecule has 0 saturated carbocycles. The molecule has 148 valence electrons. The van der Waals surface area contributed by atoms with Crippen molar-refractivity contribution in [3.05, 3.63) is 108 Å². The largest absolute Gasteiger partial charge is 0.459 e. The summed E-state index contributed by atoms with van der Waals surface area (Å²) >= 11 is 0. The number of ether oxygens (including phenoxy) is 2. The molecule has 0 aromatic heterocycles. The lowest BCUT2D eigenvalue weighted by molar-refractivity contribution is -0.234. The van der Waals surface area contributed by atoms with Crippen molar-refractivity contribution in [2.24, 2.45) is 5.92 Å². The van der Waals surface area contributed by atoms with Crippen LogP contribution in [0.25, 0.3) is 21.5 Å². The fraction of sp³-hybridized carbons (Fsp3) is 0.214. The SMILES string of the molecule is C=C1O[C@]2(c3ccc4ccccc4c3)C[C@H](C)C[C@]1(c1ccc3ccccc3c1)O2. The topological polar surface area (TPSA) is 18.5 Å². The summed E-state index contributed by atoms with van der Waals surface area (Å²) in [5, 5.41) is 4.86. The molecule has 0 aliphatic carbocycles. The maximum absolute atomic E-state index is 6.90. The van der Waals surface area contributed by atoms with Gasteiger partial charge in [-0.25, -0.2) is 0 Å². The molecule has 30 heavy (non-hydrogen) atoms. The molecule has 0 N–H and O–H groups in total. The van der Waals surface area contributed by atoms with E-state index in [1.165, 1.54) is 21.5 Å². The summed E-state index contributed by atoms with van der Waals surface area (Å²) in [7, 11) is 0. The van der Waals surface area contributed by atoms with Gasteiger partial charge in [0, 0.05) is 12.0 Å². The van der Waals surface area contributed by atoms with Gasteiger partial charge in [0.15, 0.2) is 5.60 Å². The second kappa shape index (κ2) is 6.20. The minimum Gasteiger partial charge on any atom is -0.459 e. The summed E-state index contributed by atoms with van der Waals surface area (Å²) in [6.45, 7) is 6.63. The number of benzene rings is 4. The van der Waals surface area contributed by atoms with E-state index in [0.717, 1.165) is 29.7 Å². The molecule has 2 aliphatic rings. The Kier molecular flexibility index (Phi) is 3.66. The molecule has 0 radical (unpaired) electrons. The fourth-order valence-corrected chi connectivity index (χ4v) is 5.34. The van der Waals surface area contributed by atoms with Gasteiger partial charge in [-0.3, -0.25) is 0 Å². The molecule has 0 unspecified atom stereocenters. The van der Waals surface area contributed by atoms with E-state index in [-0.39, 0.29) is 0 Å². The molecule has 2 heteroatoms. The fourth-order valence-electron chi connectivity index (χ4n) is 5.34. The van der Waals surface area contributed by atoms with Gasteiger partial charge >= 0.3 is 0 Å². The number of hydrogen-bond acceptors (Lipinski definition) is 2. The van der Waals surface area contributed by atoms with Crippen LogP contribution in [0.2, 0.25) is 0 Å². The normalized spacial score (nSPS) is 28.0. The van der Waals surface area contributed by atoms with Crippen LogP contribution in [0.15, 0.2) is 97.3 Å². The first-order valence-electron chi connectivity index (χ1n) is 10.7. The average Bonchev–Trinajstić information content (AvgIpc) is 2.99. The van der Waals surface area contributed by atoms with Crippen LogP contribution < -0.4 is 0 Å². The van der Waals surface area contributed by atoms with E-state index in [2.05, 4.69) is 98.4 Å². The van der Waals surface area contributed by atoms with Crippen LogP contribution in [0.3, 0.4) is 0 Å². The smallest absolute Gasteiger partial charge is 0.238 e. The highest BCUT2D eigenvalue weighted by molar-refractivity contribution is 5.84. The lowest BCUT2D eigenvalue weighted by Gasteiger charge is -2.40. The first kappa shape index (κ1) is 17.7. The van der Waals surface area contributed by atoms with Crippen molar-refractivity contribution < 1.29 is 9.47 Å². The zero-order valence-corrected chi connectivity index (χ0v) is 17.1. The van der Waals surface area contributed by atoms with E-state index in [1.807, 2.05) is 0 Å². The third kappa shape index (κ3) is 2.47. The lowest BCUT2D eigenvalue weighted by atomic mass is 9.78. The monoisotopic (exact) mass is 392 g/mol. The van der Waals surface area contributed by atoms with Gasteiger partial charge in [0.1, 0.15) is 5.76 Å². The van der Waals surface area contributed by atoms with Crippen molar-refractivity contribution >= 4 is 21.5 Å². The van der Waals surface area contributed by atoms with E-state index >= 15 is 0 Å². The van der Waals surface area contributed by atoms with Crippen LogP contribution in [-0.4, -0.2) is 0 Å². The van der Waals surface area contributed by atoms with Gasteiger partial charge in [0.05, 0.1) is 0 Å². The van der Waals surface area contributed by atoms with E-state index < -0.39 is 11.4 Å². The number of hydrogen-bond donors (Lipinski definition) is 0. The third-order valence-corrected chi connectivity index (χ3v) is 6.74.